The summed E-state index contributed by atoms with van der Waals surface area (Å²) in [7, 11) is 1.84. The first kappa shape index (κ1) is 14.0. The lowest BCUT2D eigenvalue weighted by atomic mass is 9.74. The molecule has 2 rings (SSSR count). The maximum absolute atomic E-state index is 12.5. The first-order valence-corrected chi connectivity index (χ1v) is 6.94. The summed E-state index contributed by atoms with van der Waals surface area (Å²) in [5.41, 5.74) is 6.83. The van der Waals surface area contributed by atoms with Crippen LogP contribution in [0.2, 0.25) is 0 Å². The first-order valence-electron chi connectivity index (χ1n) is 6.94. The van der Waals surface area contributed by atoms with Gasteiger partial charge in [-0.05, 0) is 31.9 Å². The van der Waals surface area contributed by atoms with Crippen molar-refractivity contribution in [2.24, 2.45) is 11.7 Å². The smallest absolute Gasteiger partial charge is 0.227 e. The van der Waals surface area contributed by atoms with Gasteiger partial charge in [0.25, 0.3) is 0 Å². The number of carbonyl (C=O) groups is 1. The lowest BCUT2D eigenvalue weighted by molar-refractivity contribution is -0.138. The number of hydrogen-bond acceptors (Lipinski definition) is 3. The van der Waals surface area contributed by atoms with Crippen molar-refractivity contribution in [3.8, 4) is 0 Å². The van der Waals surface area contributed by atoms with E-state index in [-0.39, 0.29) is 17.4 Å². The molecule has 1 saturated carbocycles. The third kappa shape index (κ3) is 3.32. The van der Waals surface area contributed by atoms with Crippen LogP contribution >= 0.6 is 0 Å². The Morgan fingerprint density at radius 1 is 1.53 bits per heavy atom. The largest absolute Gasteiger partial charge is 0.340 e. The summed E-state index contributed by atoms with van der Waals surface area (Å²) < 4.78 is 0. The second-order valence-corrected chi connectivity index (χ2v) is 5.82. The van der Waals surface area contributed by atoms with E-state index in [0.29, 0.717) is 6.54 Å². The van der Waals surface area contributed by atoms with Gasteiger partial charge in [0.05, 0.1) is 18.2 Å². The molecule has 4 nitrogen and oxygen atoms in total. The molecular weight excluding hydrogens is 238 g/mol. The number of rotatable bonds is 3. The van der Waals surface area contributed by atoms with Gasteiger partial charge in [-0.3, -0.25) is 9.78 Å². The minimum Gasteiger partial charge on any atom is -0.340 e. The van der Waals surface area contributed by atoms with Crippen LogP contribution in [0, 0.1) is 5.92 Å². The predicted octanol–water partition coefficient (Wildman–Crippen LogP) is 1.95. The molecule has 1 aromatic rings. The molecule has 1 fully saturated rings. The second-order valence-electron chi connectivity index (χ2n) is 5.82. The molecule has 1 aliphatic carbocycles. The van der Waals surface area contributed by atoms with Crippen LogP contribution in [-0.2, 0) is 11.3 Å². The molecule has 1 aromatic heterocycles. The molecule has 4 heteroatoms. The topological polar surface area (TPSA) is 59.2 Å². The molecular formula is C15H23N3O. The summed E-state index contributed by atoms with van der Waals surface area (Å²) >= 11 is 0. The molecule has 19 heavy (non-hydrogen) atoms. The number of nitrogens with two attached hydrogens (primary N) is 1. The summed E-state index contributed by atoms with van der Waals surface area (Å²) in [6.45, 7) is 2.55. The predicted molar refractivity (Wildman–Crippen MR) is 75.3 cm³/mol. The molecule has 0 aromatic carbocycles. The van der Waals surface area contributed by atoms with Crippen molar-refractivity contribution < 1.29 is 4.79 Å². The third-order valence-electron chi connectivity index (χ3n) is 4.05. The minimum atomic E-state index is -0.367. The highest BCUT2D eigenvalue weighted by Gasteiger charge is 2.39. The van der Waals surface area contributed by atoms with Gasteiger partial charge in [-0.2, -0.15) is 0 Å². The van der Waals surface area contributed by atoms with E-state index in [1.165, 1.54) is 0 Å². The van der Waals surface area contributed by atoms with Crippen molar-refractivity contribution in [1.29, 1.82) is 0 Å². The minimum absolute atomic E-state index is 0.0602. The van der Waals surface area contributed by atoms with Gasteiger partial charge in [0.2, 0.25) is 5.91 Å². The molecule has 1 aliphatic rings. The Balaban J connectivity index is 2.02. The molecule has 0 spiro atoms. The molecule has 2 unspecified atom stereocenters. The van der Waals surface area contributed by atoms with Crippen LogP contribution in [-0.4, -0.2) is 28.4 Å². The SMILES string of the molecule is CN(Cc1ccccn1)C(=O)C1CCCCC1(C)N. The van der Waals surface area contributed by atoms with Crippen molar-refractivity contribution >= 4 is 5.91 Å². The van der Waals surface area contributed by atoms with Gasteiger partial charge in [0.15, 0.2) is 0 Å². The molecule has 2 atom stereocenters. The van der Waals surface area contributed by atoms with Crippen molar-refractivity contribution in [2.45, 2.75) is 44.7 Å². The zero-order chi connectivity index (χ0) is 13.9. The molecule has 2 N–H and O–H groups in total. The van der Waals surface area contributed by atoms with Crippen LogP contribution < -0.4 is 5.73 Å². The van der Waals surface area contributed by atoms with Gasteiger partial charge >= 0.3 is 0 Å². The Kier molecular flexibility index (Phi) is 4.20. The summed E-state index contributed by atoms with van der Waals surface area (Å²) in [4.78, 5) is 18.5. The molecule has 104 valence electrons. The number of hydrogen-bond donors (Lipinski definition) is 1. The number of aromatic nitrogens is 1. The first-order chi connectivity index (χ1) is 9.00. The molecule has 0 saturated heterocycles. The van der Waals surface area contributed by atoms with Gasteiger partial charge in [0, 0.05) is 18.8 Å². The summed E-state index contributed by atoms with van der Waals surface area (Å²) in [6, 6.07) is 5.75. The van der Waals surface area contributed by atoms with Crippen LogP contribution in [0.15, 0.2) is 24.4 Å². The van der Waals surface area contributed by atoms with E-state index in [9.17, 15) is 4.79 Å². The highest BCUT2D eigenvalue weighted by Crippen LogP contribution is 2.32. The van der Waals surface area contributed by atoms with Crippen molar-refractivity contribution in [3.63, 3.8) is 0 Å². The average Bonchev–Trinajstić information content (AvgIpc) is 2.38. The Hall–Kier alpha value is -1.42. The zero-order valence-electron chi connectivity index (χ0n) is 11.8. The normalized spacial score (nSPS) is 27.0. The molecule has 0 bridgehead atoms. The number of carbonyl (C=O) groups excluding carboxylic acids is 1. The van der Waals surface area contributed by atoms with Crippen LogP contribution in [0.1, 0.15) is 38.3 Å². The summed E-state index contributed by atoms with van der Waals surface area (Å²) in [5, 5.41) is 0. The fourth-order valence-electron chi connectivity index (χ4n) is 2.84. The van der Waals surface area contributed by atoms with E-state index in [4.69, 9.17) is 5.73 Å². The van der Waals surface area contributed by atoms with Crippen molar-refractivity contribution in [3.05, 3.63) is 30.1 Å². The molecule has 0 aliphatic heterocycles. The average molecular weight is 261 g/mol. The molecule has 0 radical (unpaired) electrons. The van der Waals surface area contributed by atoms with Crippen LogP contribution in [0.25, 0.3) is 0 Å². The monoisotopic (exact) mass is 261 g/mol. The van der Waals surface area contributed by atoms with Crippen LogP contribution in [0.5, 0.6) is 0 Å². The van der Waals surface area contributed by atoms with E-state index in [1.54, 1.807) is 11.1 Å². The van der Waals surface area contributed by atoms with Gasteiger partial charge in [-0.1, -0.05) is 18.9 Å². The maximum Gasteiger partial charge on any atom is 0.227 e. The molecule has 1 amide bonds. The number of pyridine rings is 1. The van der Waals surface area contributed by atoms with Crippen molar-refractivity contribution in [1.82, 2.24) is 9.88 Å². The Bertz CT molecular complexity index is 430. The van der Waals surface area contributed by atoms with E-state index >= 15 is 0 Å². The highest BCUT2D eigenvalue weighted by atomic mass is 16.2. The van der Waals surface area contributed by atoms with Gasteiger partial charge in [-0.15, -0.1) is 0 Å². The third-order valence-corrected chi connectivity index (χ3v) is 4.05. The van der Waals surface area contributed by atoms with E-state index in [1.807, 2.05) is 32.2 Å². The highest BCUT2D eigenvalue weighted by molar-refractivity contribution is 5.80. The lowest BCUT2D eigenvalue weighted by Gasteiger charge is -2.39. The standard InChI is InChI=1S/C15H23N3O/c1-15(16)9-5-3-8-13(15)14(19)18(2)11-12-7-4-6-10-17-12/h4,6-7,10,13H,3,5,8-9,11,16H2,1-2H3. The lowest BCUT2D eigenvalue weighted by Crippen LogP contribution is -2.53. The Morgan fingerprint density at radius 2 is 2.32 bits per heavy atom. The summed E-state index contributed by atoms with van der Waals surface area (Å²) in [5.74, 6) is 0.0883. The van der Waals surface area contributed by atoms with E-state index < -0.39 is 0 Å². The van der Waals surface area contributed by atoms with Gasteiger partial charge in [-0.25, -0.2) is 0 Å². The Morgan fingerprint density at radius 3 is 2.95 bits per heavy atom. The number of amides is 1. The zero-order valence-corrected chi connectivity index (χ0v) is 11.8. The molecule has 1 heterocycles. The fourth-order valence-corrected chi connectivity index (χ4v) is 2.84. The van der Waals surface area contributed by atoms with Gasteiger partial charge in [0.1, 0.15) is 0 Å². The van der Waals surface area contributed by atoms with Gasteiger partial charge < -0.3 is 10.6 Å². The Labute approximate surface area is 115 Å². The quantitative estimate of drug-likeness (QED) is 0.904. The summed E-state index contributed by atoms with van der Waals surface area (Å²) in [6.07, 6.45) is 5.81. The van der Waals surface area contributed by atoms with E-state index in [2.05, 4.69) is 4.98 Å². The fraction of sp³-hybridized carbons (Fsp3) is 0.600. The maximum atomic E-state index is 12.5. The van der Waals surface area contributed by atoms with Crippen molar-refractivity contribution in [2.75, 3.05) is 7.05 Å². The van der Waals surface area contributed by atoms with Crippen LogP contribution in [0.3, 0.4) is 0 Å². The van der Waals surface area contributed by atoms with E-state index in [0.717, 1.165) is 31.4 Å². The van der Waals surface area contributed by atoms with Crippen LogP contribution in [0.4, 0.5) is 0 Å². The number of nitrogens with zero attached hydrogens (tertiary/aromatic N) is 2. The second kappa shape index (κ2) is 5.70.